The predicted octanol–water partition coefficient (Wildman–Crippen LogP) is 0.681. The Balaban J connectivity index is 2.26. The van der Waals surface area contributed by atoms with Gasteiger partial charge in [0.1, 0.15) is 0 Å². The molecule has 1 aromatic heterocycles. The van der Waals surface area contributed by atoms with Crippen molar-refractivity contribution in [2.24, 2.45) is 0 Å². The van der Waals surface area contributed by atoms with Gasteiger partial charge in [-0.15, -0.1) is 5.10 Å². The van der Waals surface area contributed by atoms with Gasteiger partial charge >= 0.3 is 0 Å². The number of hydrogen-bond acceptors (Lipinski definition) is 5. The first-order chi connectivity index (χ1) is 9.20. The molecule has 100 valence electrons. The Kier molecular flexibility index (Phi) is 4.19. The van der Waals surface area contributed by atoms with Gasteiger partial charge in [-0.1, -0.05) is 12.1 Å². The number of carbonyl (C=O) groups excluding carboxylic acids is 1. The second kappa shape index (κ2) is 6.05. The van der Waals surface area contributed by atoms with Crippen molar-refractivity contribution in [3.63, 3.8) is 0 Å². The molecule has 0 aliphatic carbocycles. The maximum atomic E-state index is 11.0. The minimum absolute atomic E-state index is 0.0885. The standard InChI is InChI=1S/C12H15N5O2/c1-9(19)13-11-5-2-4-10(8-11)12-14-15-16-17(12)6-3-7-18/h2,4-5,8,18H,3,6-7H2,1H3,(H,13,19). The largest absolute Gasteiger partial charge is 0.396 e. The zero-order chi connectivity index (χ0) is 13.7. The highest BCUT2D eigenvalue weighted by Crippen LogP contribution is 2.20. The van der Waals surface area contributed by atoms with E-state index in [2.05, 4.69) is 20.8 Å². The van der Waals surface area contributed by atoms with Crippen LogP contribution in [-0.2, 0) is 11.3 Å². The fourth-order valence-electron chi connectivity index (χ4n) is 1.72. The molecule has 7 heteroatoms. The number of rotatable bonds is 5. The zero-order valence-corrected chi connectivity index (χ0v) is 10.6. The van der Waals surface area contributed by atoms with E-state index in [1.165, 1.54) is 6.92 Å². The van der Waals surface area contributed by atoms with Gasteiger partial charge in [-0.25, -0.2) is 4.68 Å². The summed E-state index contributed by atoms with van der Waals surface area (Å²) in [6.45, 7) is 2.09. The molecule has 1 heterocycles. The topological polar surface area (TPSA) is 92.9 Å². The van der Waals surface area contributed by atoms with Crippen molar-refractivity contribution in [3.05, 3.63) is 24.3 Å². The fraction of sp³-hybridized carbons (Fsp3) is 0.333. The van der Waals surface area contributed by atoms with E-state index in [0.29, 0.717) is 24.5 Å². The minimum Gasteiger partial charge on any atom is -0.396 e. The van der Waals surface area contributed by atoms with Crippen LogP contribution < -0.4 is 5.32 Å². The molecule has 0 saturated heterocycles. The number of tetrazole rings is 1. The molecule has 2 rings (SSSR count). The van der Waals surface area contributed by atoms with E-state index in [1.807, 2.05) is 18.2 Å². The minimum atomic E-state index is -0.128. The summed E-state index contributed by atoms with van der Waals surface area (Å²) in [4.78, 5) is 11.0. The molecule has 2 N–H and O–H groups in total. The van der Waals surface area contributed by atoms with E-state index in [9.17, 15) is 4.79 Å². The number of carbonyl (C=O) groups is 1. The maximum Gasteiger partial charge on any atom is 0.221 e. The molecule has 19 heavy (non-hydrogen) atoms. The molecular weight excluding hydrogens is 246 g/mol. The summed E-state index contributed by atoms with van der Waals surface area (Å²) in [5, 5.41) is 23.0. The highest BCUT2D eigenvalue weighted by Gasteiger charge is 2.09. The Bertz CT molecular complexity index is 567. The number of aliphatic hydroxyl groups is 1. The van der Waals surface area contributed by atoms with Crippen molar-refractivity contribution in [2.45, 2.75) is 19.9 Å². The summed E-state index contributed by atoms with van der Waals surface area (Å²) in [6.07, 6.45) is 0.587. The van der Waals surface area contributed by atoms with Gasteiger partial charge in [0.05, 0.1) is 0 Å². The monoisotopic (exact) mass is 261 g/mol. The molecule has 0 fully saturated rings. The van der Waals surface area contributed by atoms with E-state index in [0.717, 1.165) is 5.56 Å². The summed E-state index contributed by atoms with van der Waals surface area (Å²) in [5.41, 5.74) is 1.51. The predicted molar refractivity (Wildman–Crippen MR) is 69.3 cm³/mol. The molecule has 0 unspecified atom stereocenters. The summed E-state index contributed by atoms with van der Waals surface area (Å²) >= 11 is 0. The molecule has 0 saturated carbocycles. The van der Waals surface area contributed by atoms with Crippen LogP contribution in [-0.4, -0.2) is 37.8 Å². The summed E-state index contributed by atoms with van der Waals surface area (Å²) < 4.78 is 1.63. The van der Waals surface area contributed by atoms with Crippen molar-refractivity contribution in [1.29, 1.82) is 0 Å². The maximum absolute atomic E-state index is 11.0. The first-order valence-corrected chi connectivity index (χ1v) is 5.96. The Morgan fingerprint density at radius 2 is 2.32 bits per heavy atom. The lowest BCUT2D eigenvalue weighted by Crippen LogP contribution is -2.07. The number of nitrogens with one attached hydrogen (secondary N) is 1. The Hall–Kier alpha value is -2.28. The van der Waals surface area contributed by atoms with E-state index in [-0.39, 0.29) is 12.5 Å². The lowest BCUT2D eigenvalue weighted by Gasteiger charge is -2.06. The quantitative estimate of drug-likeness (QED) is 0.825. The molecule has 0 aliphatic heterocycles. The Morgan fingerprint density at radius 1 is 1.47 bits per heavy atom. The van der Waals surface area contributed by atoms with Gasteiger partial charge in [-0.3, -0.25) is 4.79 Å². The molecule has 1 aromatic carbocycles. The lowest BCUT2D eigenvalue weighted by atomic mass is 10.2. The van der Waals surface area contributed by atoms with Gasteiger partial charge < -0.3 is 10.4 Å². The van der Waals surface area contributed by atoms with Gasteiger partial charge in [-0.05, 0) is 29.0 Å². The molecule has 0 bridgehead atoms. The van der Waals surface area contributed by atoms with E-state index < -0.39 is 0 Å². The van der Waals surface area contributed by atoms with Crippen molar-refractivity contribution >= 4 is 11.6 Å². The first-order valence-electron chi connectivity index (χ1n) is 5.96. The molecule has 0 radical (unpaired) electrons. The number of aliphatic hydroxyl groups excluding tert-OH is 1. The number of benzene rings is 1. The number of anilines is 1. The number of hydrogen-bond donors (Lipinski definition) is 2. The smallest absolute Gasteiger partial charge is 0.221 e. The normalized spacial score (nSPS) is 10.4. The van der Waals surface area contributed by atoms with E-state index >= 15 is 0 Å². The molecule has 0 spiro atoms. The summed E-state index contributed by atoms with van der Waals surface area (Å²) in [7, 11) is 0. The average Bonchev–Trinajstić information content (AvgIpc) is 2.84. The van der Waals surface area contributed by atoms with Crippen molar-refractivity contribution in [2.75, 3.05) is 11.9 Å². The zero-order valence-electron chi connectivity index (χ0n) is 10.6. The fourth-order valence-corrected chi connectivity index (χ4v) is 1.72. The highest BCUT2D eigenvalue weighted by molar-refractivity contribution is 5.89. The molecule has 7 nitrogen and oxygen atoms in total. The van der Waals surface area contributed by atoms with Gasteiger partial charge in [0, 0.05) is 31.3 Å². The number of nitrogens with zero attached hydrogens (tertiary/aromatic N) is 4. The van der Waals surface area contributed by atoms with Gasteiger partial charge in [-0.2, -0.15) is 0 Å². The van der Waals surface area contributed by atoms with Crippen molar-refractivity contribution < 1.29 is 9.90 Å². The second-order valence-corrected chi connectivity index (χ2v) is 4.06. The van der Waals surface area contributed by atoms with Crippen LogP contribution in [0, 0.1) is 0 Å². The van der Waals surface area contributed by atoms with E-state index in [1.54, 1.807) is 10.7 Å². The summed E-state index contributed by atoms with van der Waals surface area (Å²) in [6, 6.07) is 7.30. The molecule has 2 aromatic rings. The highest BCUT2D eigenvalue weighted by atomic mass is 16.3. The van der Waals surface area contributed by atoms with Crippen LogP contribution in [0.15, 0.2) is 24.3 Å². The lowest BCUT2D eigenvalue weighted by molar-refractivity contribution is -0.114. The number of amides is 1. The van der Waals surface area contributed by atoms with Gasteiger partial charge in [0.15, 0.2) is 5.82 Å². The van der Waals surface area contributed by atoms with E-state index in [4.69, 9.17) is 5.11 Å². The molecular formula is C12H15N5O2. The first kappa shape index (κ1) is 13.2. The Morgan fingerprint density at radius 3 is 3.05 bits per heavy atom. The second-order valence-electron chi connectivity index (χ2n) is 4.06. The van der Waals surface area contributed by atoms with Crippen LogP contribution in [0.5, 0.6) is 0 Å². The summed E-state index contributed by atoms with van der Waals surface area (Å²) in [5.74, 6) is 0.484. The average molecular weight is 261 g/mol. The van der Waals surface area contributed by atoms with Crippen LogP contribution >= 0.6 is 0 Å². The molecule has 1 amide bonds. The van der Waals surface area contributed by atoms with Crippen molar-refractivity contribution in [1.82, 2.24) is 20.2 Å². The van der Waals surface area contributed by atoms with Crippen LogP contribution in [0.4, 0.5) is 5.69 Å². The molecule has 0 aliphatic rings. The number of aromatic nitrogens is 4. The number of aryl methyl sites for hydroxylation is 1. The van der Waals surface area contributed by atoms with Gasteiger partial charge in [0.25, 0.3) is 0 Å². The third-order valence-electron chi connectivity index (χ3n) is 2.50. The Labute approximate surface area is 110 Å². The van der Waals surface area contributed by atoms with Gasteiger partial charge in [0.2, 0.25) is 5.91 Å². The third-order valence-corrected chi connectivity index (χ3v) is 2.50. The SMILES string of the molecule is CC(=O)Nc1cccc(-c2nnnn2CCCO)c1. The van der Waals surface area contributed by atoms with Crippen LogP contribution in [0.25, 0.3) is 11.4 Å². The van der Waals surface area contributed by atoms with Crippen LogP contribution in [0.3, 0.4) is 0 Å². The third kappa shape index (κ3) is 3.35. The molecule has 0 atom stereocenters. The van der Waals surface area contributed by atoms with Crippen molar-refractivity contribution in [3.8, 4) is 11.4 Å². The van der Waals surface area contributed by atoms with Crippen LogP contribution in [0.1, 0.15) is 13.3 Å². The van der Waals surface area contributed by atoms with Crippen LogP contribution in [0.2, 0.25) is 0 Å².